The number of sulfonamides is 1. The van der Waals surface area contributed by atoms with Crippen LogP contribution >= 0.6 is 0 Å². The summed E-state index contributed by atoms with van der Waals surface area (Å²) in [6.45, 7) is 1.54. The molecule has 10 heteroatoms. The van der Waals surface area contributed by atoms with E-state index >= 15 is 0 Å². The minimum Gasteiger partial charge on any atom is -0.377 e. The third-order valence-electron chi connectivity index (χ3n) is 6.50. The van der Waals surface area contributed by atoms with Crippen molar-refractivity contribution in [2.24, 2.45) is 0 Å². The topological polar surface area (TPSA) is 113 Å². The minimum atomic E-state index is -3.54. The summed E-state index contributed by atoms with van der Waals surface area (Å²) >= 11 is 0. The molecular formula is C23H26N4O5S. The Hall–Kier alpha value is -2.98. The lowest BCUT2D eigenvalue weighted by Crippen LogP contribution is -2.36. The van der Waals surface area contributed by atoms with Crippen molar-refractivity contribution in [1.29, 1.82) is 0 Å². The van der Waals surface area contributed by atoms with Gasteiger partial charge >= 0.3 is 0 Å². The Labute approximate surface area is 192 Å². The summed E-state index contributed by atoms with van der Waals surface area (Å²) in [5, 5.41) is 14.7. The zero-order valence-corrected chi connectivity index (χ0v) is 19.0. The van der Waals surface area contributed by atoms with Gasteiger partial charge in [0.25, 0.3) is 11.6 Å². The van der Waals surface area contributed by atoms with E-state index in [4.69, 9.17) is 0 Å². The standard InChI is InChI=1S/C23H26N4O5S/c28-23(17-5-9-20(24-18-6-7-18)22(15-17)27(29)30)26-13-3-4-16-14-19(8-10-21(16)26)33(31,32)25-11-1-2-12-25/h5,8-10,14-15,18,24H,1-4,6-7,11-13H2. The molecule has 1 saturated heterocycles. The fourth-order valence-electron chi connectivity index (χ4n) is 4.56. The number of benzene rings is 2. The first kappa shape index (κ1) is 21.8. The Morgan fingerprint density at radius 2 is 1.79 bits per heavy atom. The summed E-state index contributed by atoms with van der Waals surface area (Å²) in [5.74, 6) is -0.327. The number of nitrogens with zero attached hydrogens (tertiary/aromatic N) is 3. The van der Waals surface area contributed by atoms with Crippen LogP contribution < -0.4 is 10.2 Å². The summed E-state index contributed by atoms with van der Waals surface area (Å²) < 4.78 is 27.4. The van der Waals surface area contributed by atoms with E-state index in [-0.39, 0.29) is 28.1 Å². The van der Waals surface area contributed by atoms with E-state index in [1.54, 1.807) is 35.2 Å². The largest absolute Gasteiger partial charge is 0.377 e. The number of nitrogens with one attached hydrogen (secondary N) is 1. The molecule has 1 N–H and O–H groups in total. The lowest BCUT2D eigenvalue weighted by atomic mass is 10.0. The molecule has 0 spiro atoms. The molecule has 1 aliphatic carbocycles. The highest BCUT2D eigenvalue weighted by Gasteiger charge is 2.31. The van der Waals surface area contributed by atoms with Crippen molar-refractivity contribution in [3.05, 3.63) is 57.6 Å². The number of carbonyl (C=O) groups excluding carboxylic acids is 1. The van der Waals surface area contributed by atoms with Gasteiger partial charge < -0.3 is 10.2 Å². The van der Waals surface area contributed by atoms with E-state index in [9.17, 15) is 23.3 Å². The molecular weight excluding hydrogens is 444 g/mol. The molecule has 3 aliphatic rings. The third-order valence-corrected chi connectivity index (χ3v) is 8.39. The van der Waals surface area contributed by atoms with Crippen LogP contribution in [0.2, 0.25) is 0 Å². The lowest BCUT2D eigenvalue weighted by molar-refractivity contribution is -0.384. The summed E-state index contributed by atoms with van der Waals surface area (Å²) in [6, 6.07) is 9.71. The summed E-state index contributed by atoms with van der Waals surface area (Å²) in [5.41, 5.74) is 2.02. The van der Waals surface area contributed by atoms with Crippen LogP contribution in [0.3, 0.4) is 0 Å². The molecule has 2 aromatic rings. The number of fused-ring (bicyclic) bond motifs is 1. The Morgan fingerprint density at radius 1 is 1.03 bits per heavy atom. The third kappa shape index (κ3) is 4.20. The van der Waals surface area contributed by atoms with E-state index in [0.29, 0.717) is 43.9 Å². The van der Waals surface area contributed by atoms with Gasteiger partial charge in [0.2, 0.25) is 10.0 Å². The van der Waals surface area contributed by atoms with Gasteiger partial charge in [0.1, 0.15) is 5.69 Å². The molecule has 33 heavy (non-hydrogen) atoms. The molecule has 1 amide bonds. The van der Waals surface area contributed by atoms with Gasteiger partial charge in [0, 0.05) is 43.0 Å². The number of anilines is 2. The molecule has 0 radical (unpaired) electrons. The highest BCUT2D eigenvalue weighted by molar-refractivity contribution is 7.89. The highest BCUT2D eigenvalue weighted by Crippen LogP contribution is 2.35. The summed E-state index contributed by atoms with van der Waals surface area (Å²) in [4.78, 5) is 26.3. The van der Waals surface area contributed by atoms with E-state index in [2.05, 4.69) is 5.32 Å². The van der Waals surface area contributed by atoms with Gasteiger partial charge in [0.15, 0.2) is 0 Å². The number of hydrogen-bond donors (Lipinski definition) is 1. The Kier molecular flexibility index (Phi) is 5.57. The van der Waals surface area contributed by atoms with E-state index < -0.39 is 14.9 Å². The molecule has 0 unspecified atom stereocenters. The zero-order chi connectivity index (χ0) is 23.2. The van der Waals surface area contributed by atoms with Crippen LogP contribution in [0.1, 0.15) is 48.0 Å². The van der Waals surface area contributed by atoms with Crippen LogP contribution in [0.25, 0.3) is 0 Å². The van der Waals surface area contributed by atoms with Crippen LogP contribution in [0.15, 0.2) is 41.3 Å². The fraction of sp³-hybridized carbons (Fsp3) is 0.435. The summed E-state index contributed by atoms with van der Waals surface area (Å²) in [6.07, 6.45) is 5.07. The molecule has 1 saturated carbocycles. The van der Waals surface area contributed by atoms with Crippen molar-refractivity contribution >= 4 is 33.0 Å². The molecule has 0 aromatic heterocycles. The maximum absolute atomic E-state index is 13.3. The van der Waals surface area contributed by atoms with Crippen LogP contribution in [-0.4, -0.2) is 49.2 Å². The van der Waals surface area contributed by atoms with Crippen molar-refractivity contribution in [2.75, 3.05) is 29.9 Å². The smallest absolute Gasteiger partial charge is 0.293 e. The van der Waals surface area contributed by atoms with Crippen LogP contribution in [-0.2, 0) is 16.4 Å². The maximum atomic E-state index is 13.3. The minimum absolute atomic E-state index is 0.114. The van der Waals surface area contributed by atoms with E-state index in [1.807, 2.05) is 0 Å². The zero-order valence-electron chi connectivity index (χ0n) is 18.2. The second-order valence-corrected chi connectivity index (χ2v) is 10.8. The fourth-order valence-corrected chi connectivity index (χ4v) is 6.13. The number of rotatable bonds is 6. The molecule has 0 atom stereocenters. The van der Waals surface area contributed by atoms with Gasteiger partial charge in [-0.15, -0.1) is 0 Å². The van der Waals surface area contributed by atoms with Gasteiger partial charge in [-0.05, 0) is 74.4 Å². The molecule has 2 heterocycles. The lowest BCUT2D eigenvalue weighted by Gasteiger charge is -2.30. The summed E-state index contributed by atoms with van der Waals surface area (Å²) in [7, 11) is -3.54. The predicted molar refractivity (Wildman–Crippen MR) is 124 cm³/mol. The van der Waals surface area contributed by atoms with Gasteiger partial charge in [0.05, 0.1) is 9.82 Å². The first-order valence-corrected chi connectivity index (χ1v) is 12.8. The number of nitro groups is 1. The molecule has 2 aromatic carbocycles. The SMILES string of the molecule is O=C(c1ccc(NC2CC2)c([N+](=O)[O-])c1)N1CCCc2cc(S(=O)(=O)N3CCCC3)ccc21. The molecule has 9 nitrogen and oxygen atoms in total. The molecule has 5 rings (SSSR count). The average molecular weight is 471 g/mol. The Bertz CT molecular complexity index is 1220. The van der Waals surface area contributed by atoms with Crippen molar-refractivity contribution < 1.29 is 18.1 Å². The van der Waals surface area contributed by atoms with Gasteiger partial charge in [-0.1, -0.05) is 0 Å². The van der Waals surface area contributed by atoms with Gasteiger partial charge in [-0.25, -0.2) is 8.42 Å². The molecule has 2 aliphatic heterocycles. The highest BCUT2D eigenvalue weighted by atomic mass is 32.2. The quantitative estimate of drug-likeness (QED) is 0.510. The Morgan fingerprint density at radius 3 is 2.48 bits per heavy atom. The van der Waals surface area contributed by atoms with Crippen molar-refractivity contribution in [1.82, 2.24) is 4.31 Å². The van der Waals surface area contributed by atoms with Crippen molar-refractivity contribution in [3.63, 3.8) is 0 Å². The second-order valence-electron chi connectivity index (χ2n) is 8.87. The van der Waals surface area contributed by atoms with E-state index in [0.717, 1.165) is 31.2 Å². The average Bonchev–Trinajstić information content (AvgIpc) is 3.44. The van der Waals surface area contributed by atoms with Gasteiger partial charge in [-0.2, -0.15) is 4.31 Å². The number of amides is 1. The number of aryl methyl sites for hydroxylation is 1. The van der Waals surface area contributed by atoms with Crippen LogP contribution in [0.5, 0.6) is 0 Å². The normalized spacial score (nSPS) is 18.7. The maximum Gasteiger partial charge on any atom is 0.293 e. The van der Waals surface area contributed by atoms with Crippen molar-refractivity contribution in [3.8, 4) is 0 Å². The first-order valence-electron chi connectivity index (χ1n) is 11.3. The molecule has 2 fully saturated rings. The second kappa shape index (κ2) is 8.42. The first-order chi connectivity index (χ1) is 15.8. The van der Waals surface area contributed by atoms with Crippen molar-refractivity contribution in [2.45, 2.75) is 49.5 Å². The molecule has 0 bridgehead atoms. The number of nitro benzene ring substituents is 1. The number of hydrogen-bond acceptors (Lipinski definition) is 6. The number of carbonyl (C=O) groups is 1. The van der Waals surface area contributed by atoms with E-state index in [1.165, 1.54) is 10.4 Å². The molecule has 174 valence electrons. The van der Waals surface area contributed by atoms with Crippen LogP contribution in [0.4, 0.5) is 17.1 Å². The Balaban J connectivity index is 1.44. The van der Waals surface area contributed by atoms with Crippen LogP contribution in [0, 0.1) is 10.1 Å². The predicted octanol–water partition coefficient (Wildman–Crippen LogP) is 3.55. The van der Waals surface area contributed by atoms with Gasteiger partial charge in [-0.3, -0.25) is 14.9 Å². The monoisotopic (exact) mass is 470 g/mol.